The first-order valence-electron chi connectivity index (χ1n) is 14.2. The van der Waals surface area contributed by atoms with E-state index in [0.717, 1.165) is 42.1 Å². The van der Waals surface area contributed by atoms with Crippen LogP contribution in [-0.2, 0) is 12.8 Å². The fourth-order valence-electron chi connectivity index (χ4n) is 6.54. The Hall–Kier alpha value is -1.29. The van der Waals surface area contributed by atoms with Crippen LogP contribution >= 0.6 is 0 Å². The molecule has 0 N–H and O–H groups in total. The maximum atomic E-state index is 9.76. The SMILES string of the molecule is CCCCCC1CCC(CCc2ccc(CCC3CCC(CCC)CC3)c(C#N)c2)CC1. The number of hydrogen-bond donors (Lipinski definition) is 0. The molecule has 2 saturated carbocycles. The Balaban J connectivity index is 1.39. The van der Waals surface area contributed by atoms with Crippen LogP contribution in [0.15, 0.2) is 18.2 Å². The van der Waals surface area contributed by atoms with Crippen molar-refractivity contribution in [2.24, 2.45) is 23.7 Å². The molecule has 2 aliphatic carbocycles. The van der Waals surface area contributed by atoms with E-state index in [0.29, 0.717) is 0 Å². The second-order valence-corrected chi connectivity index (χ2v) is 11.2. The Bertz CT molecular complexity index is 683. The van der Waals surface area contributed by atoms with Crippen LogP contribution in [0, 0.1) is 35.0 Å². The van der Waals surface area contributed by atoms with Crippen molar-refractivity contribution in [1.29, 1.82) is 5.26 Å². The molecule has 0 heterocycles. The van der Waals surface area contributed by atoms with E-state index in [1.807, 2.05) is 0 Å². The molecule has 0 radical (unpaired) electrons. The molecule has 0 aliphatic heterocycles. The zero-order valence-electron chi connectivity index (χ0n) is 21.2. The number of unbranched alkanes of at least 4 members (excludes halogenated alkanes) is 2. The zero-order valence-corrected chi connectivity index (χ0v) is 21.2. The van der Waals surface area contributed by atoms with Gasteiger partial charge in [0.1, 0.15) is 0 Å². The largest absolute Gasteiger partial charge is 0.192 e. The summed E-state index contributed by atoms with van der Waals surface area (Å²) in [5.41, 5.74) is 3.62. The summed E-state index contributed by atoms with van der Waals surface area (Å²) < 4.78 is 0. The molecule has 1 nitrogen and oxygen atoms in total. The number of hydrogen-bond acceptors (Lipinski definition) is 1. The minimum Gasteiger partial charge on any atom is -0.192 e. The molecule has 0 saturated heterocycles. The lowest BCUT2D eigenvalue weighted by Crippen LogP contribution is -2.15. The van der Waals surface area contributed by atoms with E-state index in [-0.39, 0.29) is 0 Å². The van der Waals surface area contributed by atoms with E-state index in [2.05, 4.69) is 38.1 Å². The molecule has 178 valence electrons. The summed E-state index contributed by atoms with van der Waals surface area (Å²) in [4.78, 5) is 0. The Morgan fingerprint density at radius 2 is 1.25 bits per heavy atom. The molecular weight excluding hydrogens is 386 g/mol. The van der Waals surface area contributed by atoms with Crippen molar-refractivity contribution in [2.75, 3.05) is 0 Å². The minimum absolute atomic E-state index is 0.881. The van der Waals surface area contributed by atoms with E-state index in [4.69, 9.17) is 0 Å². The van der Waals surface area contributed by atoms with E-state index >= 15 is 0 Å². The number of aryl methyl sites for hydroxylation is 2. The van der Waals surface area contributed by atoms with Gasteiger partial charge in [-0.25, -0.2) is 0 Å². The first kappa shape index (κ1) is 25.3. The van der Waals surface area contributed by atoms with Crippen LogP contribution in [0.25, 0.3) is 0 Å². The molecule has 0 amide bonds. The normalized spacial score (nSPS) is 26.0. The number of rotatable bonds is 12. The molecule has 0 spiro atoms. The van der Waals surface area contributed by atoms with Crippen molar-refractivity contribution in [3.63, 3.8) is 0 Å². The van der Waals surface area contributed by atoms with E-state index in [9.17, 15) is 5.26 Å². The van der Waals surface area contributed by atoms with Gasteiger partial charge in [-0.1, -0.05) is 116 Å². The fourth-order valence-corrected chi connectivity index (χ4v) is 6.54. The van der Waals surface area contributed by atoms with Crippen LogP contribution in [0.4, 0.5) is 0 Å². The third-order valence-corrected chi connectivity index (χ3v) is 8.80. The van der Waals surface area contributed by atoms with Gasteiger partial charge in [0.2, 0.25) is 0 Å². The van der Waals surface area contributed by atoms with Gasteiger partial charge in [0.15, 0.2) is 0 Å². The summed E-state index contributed by atoms with van der Waals surface area (Å²) in [6.07, 6.45) is 24.7. The predicted octanol–water partition coefficient (Wildman–Crippen LogP) is 9.42. The smallest absolute Gasteiger partial charge is 0.0994 e. The van der Waals surface area contributed by atoms with Gasteiger partial charge >= 0.3 is 0 Å². The molecule has 1 aromatic rings. The molecule has 32 heavy (non-hydrogen) atoms. The topological polar surface area (TPSA) is 23.8 Å². The standard InChI is InChI=1S/C31H49N/c1-3-5-6-8-26-11-15-27(16-12-26)17-18-29-20-22-30(31(23-29)24-32)21-19-28-13-9-25(7-4-2)10-14-28/h20,22-23,25-28H,3-19,21H2,1-2H3. The molecule has 0 aromatic heterocycles. The predicted molar refractivity (Wildman–Crippen MR) is 138 cm³/mol. The van der Waals surface area contributed by atoms with Crippen molar-refractivity contribution in [2.45, 2.75) is 129 Å². The van der Waals surface area contributed by atoms with Crippen molar-refractivity contribution < 1.29 is 0 Å². The third kappa shape index (κ3) is 8.24. The summed E-state index contributed by atoms with van der Waals surface area (Å²) >= 11 is 0. The van der Waals surface area contributed by atoms with Crippen LogP contribution in [0.1, 0.15) is 133 Å². The number of benzene rings is 1. The molecule has 0 unspecified atom stereocenters. The van der Waals surface area contributed by atoms with Crippen LogP contribution < -0.4 is 0 Å². The van der Waals surface area contributed by atoms with Crippen molar-refractivity contribution in [3.8, 4) is 6.07 Å². The van der Waals surface area contributed by atoms with Gasteiger partial charge in [0.25, 0.3) is 0 Å². The Morgan fingerprint density at radius 3 is 1.81 bits per heavy atom. The van der Waals surface area contributed by atoms with E-state index < -0.39 is 0 Å². The van der Waals surface area contributed by atoms with E-state index in [1.165, 1.54) is 114 Å². The average Bonchev–Trinajstić information content (AvgIpc) is 2.83. The molecule has 2 fully saturated rings. The average molecular weight is 436 g/mol. The summed E-state index contributed by atoms with van der Waals surface area (Å²) in [7, 11) is 0. The Labute approximate surface area is 199 Å². The molecule has 0 bridgehead atoms. The lowest BCUT2D eigenvalue weighted by molar-refractivity contribution is 0.249. The highest BCUT2D eigenvalue weighted by molar-refractivity contribution is 5.41. The van der Waals surface area contributed by atoms with Crippen LogP contribution in [0.5, 0.6) is 0 Å². The highest BCUT2D eigenvalue weighted by Crippen LogP contribution is 2.35. The van der Waals surface area contributed by atoms with Crippen LogP contribution in [0.2, 0.25) is 0 Å². The number of nitrogens with zero attached hydrogens (tertiary/aromatic N) is 1. The summed E-state index contributed by atoms with van der Waals surface area (Å²) in [6, 6.07) is 9.33. The van der Waals surface area contributed by atoms with E-state index in [1.54, 1.807) is 0 Å². The molecular formula is C31H49N. The zero-order chi connectivity index (χ0) is 22.6. The van der Waals surface area contributed by atoms with Crippen molar-refractivity contribution >= 4 is 0 Å². The second-order valence-electron chi connectivity index (χ2n) is 11.2. The number of nitriles is 1. The first-order chi connectivity index (χ1) is 15.7. The summed E-state index contributed by atoms with van der Waals surface area (Å²) in [5, 5.41) is 9.76. The van der Waals surface area contributed by atoms with Gasteiger partial charge in [-0.2, -0.15) is 5.26 Å². The monoisotopic (exact) mass is 435 g/mol. The molecule has 1 heteroatoms. The van der Waals surface area contributed by atoms with Gasteiger partial charge in [0, 0.05) is 0 Å². The summed E-state index contributed by atoms with van der Waals surface area (Å²) in [6.45, 7) is 4.62. The first-order valence-corrected chi connectivity index (χ1v) is 14.2. The minimum atomic E-state index is 0.881. The lowest BCUT2D eigenvalue weighted by atomic mass is 9.77. The third-order valence-electron chi connectivity index (χ3n) is 8.80. The Morgan fingerprint density at radius 1 is 0.688 bits per heavy atom. The van der Waals surface area contributed by atoms with Crippen LogP contribution in [-0.4, -0.2) is 0 Å². The van der Waals surface area contributed by atoms with Gasteiger partial charge < -0.3 is 0 Å². The van der Waals surface area contributed by atoms with Gasteiger partial charge in [0.05, 0.1) is 11.6 Å². The van der Waals surface area contributed by atoms with Crippen molar-refractivity contribution in [1.82, 2.24) is 0 Å². The van der Waals surface area contributed by atoms with Crippen molar-refractivity contribution in [3.05, 3.63) is 34.9 Å². The summed E-state index contributed by atoms with van der Waals surface area (Å²) in [5.74, 6) is 3.78. The van der Waals surface area contributed by atoms with Gasteiger partial charge in [-0.15, -0.1) is 0 Å². The van der Waals surface area contributed by atoms with Gasteiger partial charge in [-0.05, 0) is 66.5 Å². The second kappa shape index (κ2) is 14.1. The van der Waals surface area contributed by atoms with Gasteiger partial charge in [-0.3, -0.25) is 0 Å². The quantitative estimate of drug-likeness (QED) is 0.300. The highest BCUT2D eigenvalue weighted by atomic mass is 14.3. The molecule has 2 aliphatic rings. The van der Waals surface area contributed by atoms with Crippen LogP contribution in [0.3, 0.4) is 0 Å². The highest BCUT2D eigenvalue weighted by Gasteiger charge is 2.22. The maximum Gasteiger partial charge on any atom is 0.0994 e. The Kier molecular flexibility index (Phi) is 11.1. The molecule has 1 aromatic carbocycles. The molecule has 0 atom stereocenters. The lowest BCUT2D eigenvalue weighted by Gasteiger charge is -2.28. The molecule has 3 rings (SSSR count). The fraction of sp³-hybridized carbons (Fsp3) is 0.774. The maximum absolute atomic E-state index is 9.76.